The first kappa shape index (κ1) is 20.9. The van der Waals surface area contributed by atoms with E-state index >= 15 is 0 Å². The summed E-state index contributed by atoms with van der Waals surface area (Å²) in [5, 5.41) is 11.1. The second-order valence-corrected chi connectivity index (χ2v) is 6.51. The van der Waals surface area contributed by atoms with Crippen LogP contribution >= 0.6 is 0 Å². The zero-order chi connectivity index (χ0) is 21.5. The lowest BCUT2D eigenvalue weighted by molar-refractivity contribution is -0.137. The molecule has 1 heterocycles. The van der Waals surface area contributed by atoms with Crippen molar-refractivity contribution >= 4 is 23.7 Å². The molecule has 0 aliphatic carbocycles. The molecule has 1 amide bonds. The number of hydrogen-bond donors (Lipinski definition) is 2. The number of benzene rings is 2. The Morgan fingerprint density at radius 2 is 2.00 bits per heavy atom. The van der Waals surface area contributed by atoms with Gasteiger partial charge < -0.3 is 24.6 Å². The minimum absolute atomic E-state index is 0.0110. The third-order valence-corrected chi connectivity index (χ3v) is 4.29. The highest BCUT2D eigenvalue weighted by molar-refractivity contribution is 6.14. The maximum atomic E-state index is 12.6. The minimum atomic E-state index is -0.909. The van der Waals surface area contributed by atoms with Gasteiger partial charge in [0.05, 0.1) is 12.7 Å². The molecule has 2 N–H and O–H groups in total. The molecule has 1 aliphatic heterocycles. The predicted molar refractivity (Wildman–Crippen MR) is 108 cm³/mol. The summed E-state index contributed by atoms with van der Waals surface area (Å²) >= 11 is 0. The van der Waals surface area contributed by atoms with Crippen LogP contribution in [0.2, 0.25) is 0 Å². The van der Waals surface area contributed by atoms with Crippen LogP contribution in [0.4, 0.5) is 0 Å². The van der Waals surface area contributed by atoms with Crippen molar-refractivity contribution < 1.29 is 33.7 Å². The summed E-state index contributed by atoms with van der Waals surface area (Å²) in [5.41, 5.74) is 1.18. The van der Waals surface area contributed by atoms with E-state index in [1.54, 1.807) is 43.5 Å². The lowest BCUT2D eigenvalue weighted by Crippen LogP contribution is -2.29. The van der Waals surface area contributed by atoms with Gasteiger partial charge in [-0.05, 0) is 42.3 Å². The Labute approximate surface area is 173 Å². The fraction of sp³-hybridized carbons (Fsp3) is 0.227. The molecule has 3 rings (SSSR count). The topological polar surface area (TPSA) is 111 Å². The molecule has 0 saturated heterocycles. The number of fused-ring (bicyclic) bond motifs is 1. The van der Waals surface area contributed by atoms with Gasteiger partial charge in [-0.2, -0.15) is 0 Å². The van der Waals surface area contributed by atoms with Crippen molar-refractivity contribution in [1.29, 1.82) is 0 Å². The first-order valence-corrected chi connectivity index (χ1v) is 9.30. The van der Waals surface area contributed by atoms with Crippen LogP contribution in [-0.2, 0) is 9.59 Å². The van der Waals surface area contributed by atoms with Gasteiger partial charge in [-0.15, -0.1) is 0 Å². The van der Waals surface area contributed by atoms with Crippen molar-refractivity contribution in [1.82, 2.24) is 5.32 Å². The van der Waals surface area contributed by atoms with Gasteiger partial charge in [0.25, 0.3) is 5.91 Å². The molecule has 2 aromatic rings. The van der Waals surface area contributed by atoms with Gasteiger partial charge in [-0.25, -0.2) is 0 Å². The highest BCUT2D eigenvalue weighted by Crippen LogP contribution is 2.35. The van der Waals surface area contributed by atoms with E-state index < -0.39 is 5.97 Å². The molecule has 0 atom stereocenters. The molecule has 156 valence electrons. The van der Waals surface area contributed by atoms with Crippen molar-refractivity contribution in [3.8, 4) is 17.2 Å². The fourth-order valence-corrected chi connectivity index (χ4v) is 2.81. The van der Waals surface area contributed by atoms with E-state index in [0.717, 1.165) is 5.56 Å². The molecule has 0 aromatic heterocycles. The number of carbonyl (C=O) groups excluding carboxylic acids is 2. The van der Waals surface area contributed by atoms with Crippen molar-refractivity contribution in [2.75, 3.05) is 20.3 Å². The number of hydrogen-bond acceptors (Lipinski definition) is 6. The second-order valence-electron chi connectivity index (χ2n) is 6.51. The van der Waals surface area contributed by atoms with Crippen molar-refractivity contribution in [2.24, 2.45) is 0 Å². The molecule has 0 saturated carbocycles. The van der Waals surface area contributed by atoms with Crippen LogP contribution in [0, 0.1) is 0 Å². The zero-order valence-corrected chi connectivity index (χ0v) is 16.3. The molecular formula is C22H21NO7. The van der Waals surface area contributed by atoms with E-state index in [1.807, 2.05) is 12.1 Å². The second kappa shape index (κ2) is 9.60. The van der Waals surface area contributed by atoms with E-state index in [2.05, 4.69) is 5.32 Å². The molecule has 0 radical (unpaired) electrons. The summed E-state index contributed by atoms with van der Waals surface area (Å²) in [6.07, 6.45) is 1.97. The highest BCUT2D eigenvalue weighted by Gasteiger charge is 2.27. The summed E-state index contributed by atoms with van der Waals surface area (Å²) < 4.78 is 16.3. The van der Waals surface area contributed by atoms with E-state index in [0.29, 0.717) is 29.2 Å². The number of carboxylic acids is 1. The number of rotatable bonds is 9. The maximum absolute atomic E-state index is 12.6. The Morgan fingerprint density at radius 1 is 1.17 bits per heavy atom. The number of allylic oxidation sites excluding steroid dienone is 1. The molecule has 0 fully saturated rings. The van der Waals surface area contributed by atoms with Crippen molar-refractivity contribution in [3.63, 3.8) is 0 Å². The quantitative estimate of drug-likeness (QED) is 0.482. The number of ketones is 1. The Kier molecular flexibility index (Phi) is 6.69. The largest absolute Gasteiger partial charge is 0.497 e. The zero-order valence-electron chi connectivity index (χ0n) is 16.3. The number of Topliss-reactive ketones (excluding diaryl/α,β-unsaturated/α-hetero) is 1. The van der Waals surface area contributed by atoms with Crippen molar-refractivity contribution in [3.05, 3.63) is 59.4 Å². The first-order valence-electron chi connectivity index (χ1n) is 9.30. The van der Waals surface area contributed by atoms with E-state index in [-0.39, 0.29) is 37.0 Å². The van der Waals surface area contributed by atoms with E-state index in [4.69, 9.17) is 19.3 Å². The van der Waals surface area contributed by atoms with Gasteiger partial charge in [-0.3, -0.25) is 14.4 Å². The molecule has 8 heteroatoms. The summed E-state index contributed by atoms with van der Waals surface area (Å²) in [4.78, 5) is 34.8. The number of amides is 1. The molecule has 0 unspecified atom stereocenters. The number of ether oxygens (including phenoxy) is 3. The van der Waals surface area contributed by atoms with Crippen LogP contribution in [0.25, 0.3) is 6.08 Å². The lowest BCUT2D eigenvalue weighted by atomic mass is 10.1. The molecule has 0 spiro atoms. The Balaban J connectivity index is 1.59. The number of aliphatic carboxylic acids is 1. The van der Waals surface area contributed by atoms with E-state index in [1.165, 1.54) is 0 Å². The third kappa shape index (κ3) is 5.38. The van der Waals surface area contributed by atoms with Crippen LogP contribution in [-0.4, -0.2) is 43.0 Å². The monoisotopic (exact) mass is 411 g/mol. The highest BCUT2D eigenvalue weighted by atomic mass is 16.5. The van der Waals surface area contributed by atoms with E-state index in [9.17, 15) is 14.4 Å². The SMILES string of the molecule is COc1cccc(/C=C2\Oc3cc(OCC(=O)NCCCC(=O)O)ccc3C2=O)c1. The smallest absolute Gasteiger partial charge is 0.303 e. The standard InChI is InChI=1S/C22H21NO7/c1-28-15-5-2-4-14(10-15)11-19-22(27)17-8-7-16(12-18(17)30-19)29-13-20(24)23-9-3-6-21(25)26/h2,4-5,7-8,10-12H,3,6,9,13H2,1H3,(H,23,24)(H,25,26)/b19-11-. The number of nitrogens with one attached hydrogen (secondary N) is 1. The molecule has 0 bridgehead atoms. The first-order chi connectivity index (χ1) is 14.5. The fourth-order valence-electron chi connectivity index (χ4n) is 2.81. The Morgan fingerprint density at radius 3 is 2.77 bits per heavy atom. The summed E-state index contributed by atoms with van der Waals surface area (Å²) in [6.45, 7) is 0.0288. The molecular weight excluding hydrogens is 390 g/mol. The summed E-state index contributed by atoms with van der Waals surface area (Å²) in [5.74, 6) is 0.0780. The van der Waals surface area contributed by atoms with Gasteiger partial charge >= 0.3 is 5.97 Å². The van der Waals surface area contributed by atoms with Gasteiger partial charge in [0.2, 0.25) is 5.78 Å². The molecule has 1 aliphatic rings. The summed E-state index contributed by atoms with van der Waals surface area (Å²) in [6, 6.07) is 12.0. The van der Waals surface area contributed by atoms with Crippen LogP contribution in [0.3, 0.4) is 0 Å². The molecule has 8 nitrogen and oxygen atoms in total. The van der Waals surface area contributed by atoms with Crippen LogP contribution in [0.5, 0.6) is 17.2 Å². The number of carbonyl (C=O) groups is 3. The third-order valence-electron chi connectivity index (χ3n) is 4.29. The number of carboxylic acid groups (broad SMARTS) is 1. The maximum Gasteiger partial charge on any atom is 0.303 e. The molecule has 2 aromatic carbocycles. The normalized spacial score (nSPS) is 13.5. The number of methoxy groups -OCH3 is 1. The van der Waals surface area contributed by atoms with Crippen molar-refractivity contribution in [2.45, 2.75) is 12.8 Å². The predicted octanol–water partition coefficient (Wildman–Crippen LogP) is 2.67. The van der Waals surface area contributed by atoms with Crippen LogP contribution in [0.15, 0.2) is 48.2 Å². The Bertz CT molecular complexity index is 997. The van der Waals surface area contributed by atoms with Gasteiger partial charge in [-0.1, -0.05) is 12.1 Å². The van der Waals surface area contributed by atoms with Gasteiger partial charge in [0.1, 0.15) is 17.2 Å². The molecule has 30 heavy (non-hydrogen) atoms. The minimum Gasteiger partial charge on any atom is -0.497 e. The Hall–Kier alpha value is -3.81. The van der Waals surface area contributed by atoms with Gasteiger partial charge in [0.15, 0.2) is 12.4 Å². The average molecular weight is 411 g/mol. The van der Waals surface area contributed by atoms with Gasteiger partial charge in [0, 0.05) is 19.0 Å². The summed E-state index contributed by atoms with van der Waals surface area (Å²) in [7, 11) is 1.57. The lowest BCUT2D eigenvalue weighted by Gasteiger charge is -2.08. The average Bonchev–Trinajstić information content (AvgIpc) is 3.04. The van der Waals surface area contributed by atoms with Crippen LogP contribution < -0.4 is 19.5 Å². The van der Waals surface area contributed by atoms with Crippen LogP contribution in [0.1, 0.15) is 28.8 Å².